The molecular weight excluding hydrogens is 334 g/mol. The highest BCUT2D eigenvalue weighted by atomic mass is 16.4. The van der Waals surface area contributed by atoms with Crippen molar-refractivity contribution < 1.29 is 24.3 Å². The van der Waals surface area contributed by atoms with Crippen molar-refractivity contribution >= 4 is 23.6 Å². The number of Topliss-reactive ketones (excluding diaryl/α,β-unsaturated/α-hetero) is 1. The van der Waals surface area contributed by atoms with Gasteiger partial charge < -0.3 is 5.11 Å². The normalized spacial score (nSPS) is 14.5. The molecule has 0 saturated heterocycles. The monoisotopic (exact) mass is 351 g/mol. The molecule has 6 nitrogen and oxygen atoms in total. The van der Waals surface area contributed by atoms with Crippen LogP contribution in [0.4, 0.5) is 0 Å². The molecule has 6 heteroatoms. The molecule has 0 fully saturated rings. The number of imide groups is 1. The number of carbonyl (C=O) groups excluding carboxylic acids is 3. The van der Waals surface area contributed by atoms with E-state index in [9.17, 15) is 24.3 Å². The Bertz CT molecular complexity index is 896. The number of fused-ring (bicyclic) bond motifs is 1. The van der Waals surface area contributed by atoms with Gasteiger partial charge >= 0.3 is 5.97 Å². The van der Waals surface area contributed by atoms with Crippen molar-refractivity contribution in [1.82, 2.24) is 4.90 Å². The molecule has 1 N–H and O–H groups in total. The Morgan fingerprint density at radius 1 is 0.846 bits per heavy atom. The number of amides is 2. The van der Waals surface area contributed by atoms with Gasteiger partial charge in [0.15, 0.2) is 5.78 Å². The van der Waals surface area contributed by atoms with Crippen LogP contribution in [0.15, 0.2) is 48.5 Å². The van der Waals surface area contributed by atoms with Gasteiger partial charge in [-0.05, 0) is 24.1 Å². The smallest absolute Gasteiger partial charge is 0.336 e. The average Bonchev–Trinajstić information content (AvgIpc) is 2.87. The lowest BCUT2D eigenvalue weighted by molar-refractivity contribution is 0.0495. The van der Waals surface area contributed by atoms with Gasteiger partial charge in [0.05, 0.1) is 16.7 Å². The van der Waals surface area contributed by atoms with Gasteiger partial charge in [-0.1, -0.05) is 44.2 Å². The Morgan fingerprint density at radius 2 is 1.31 bits per heavy atom. The van der Waals surface area contributed by atoms with Gasteiger partial charge in [0, 0.05) is 5.56 Å². The predicted octanol–water partition coefficient (Wildman–Crippen LogP) is 2.89. The van der Waals surface area contributed by atoms with Gasteiger partial charge in [-0.15, -0.1) is 0 Å². The molecule has 26 heavy (non-hydrogen) atoms. The van der Waals surface area contributed by atoms with E-state index in [1.54, 1.807) is 44.2 Å². The Morgan fingerprint density at radius 3 is 1.77 bits per heavy atom. The van der Waals surface area contributed by atoms with Gasteiger partial charge in [0.1, 0.15) is 6.04 Å². The van der Waals surface area contributed by atoms with Crippen molar-refractivity contribution in [3.8, 4) is 0 Å². The zero-order valence-corrected chi connectivity index (χ0v) is 14.3. The molecule has 1 unspecified atom stereocenters. The summed E-state index contributed by atoms with van der Waals surface area (Å²) in [6.45, 7) is 3.44. The summed E-state index contributed by atoms with van der Waals surface area (Å²) in [5.74, 6) is -3.26. The predicted molar refractivity (Wildman–Crippen MR) is 93.3 cm³/mol. The van der Waals surface area contributed by atoms with Crippen LogP contribution in [0.3, 0.4) is 0 Å². The number of carbonyl (C=O) groups is 4. The van der Waals surface area contributed by atoms with Crippen molar-refractivity contribution in [1.29, 1.82) is 0 Å². The number of hydrogen-bond donors (Lipinski definition) is 1. The first-order chi connectivity index (χ1) is 12.3. The van der Waals surface area contributed by atoms with E-state index in [4.69, 9.17) is 0 Å². The molecule has 2 aromatic carbocycles. The van der Waals surface area contributed by atoms with Crippen LogP contribution in [-0.4, -0.2) is 39.6 Å². The first-order valence-electron chi connectivity index (χ1n) is 8.18. The minimum Gasteiger partial charge on any atom is -0.478 e. The molecule has 0 saturated carbocycles. The molecule has 2 amide bonds. The Balaban J connectivity index is 2.07. The zero-order valence-electron chi connectivity index (χ0n) is 14.3. The number of nitrogens with zero attached hydrogens (tertiary/aromatic N) is 1. The number of carboxylic acid groups (broad SMARTS) is 1. The van der Waals surface area contributed by atoms with Crippen LogP contribution in [0, 0.1) is 5.92 Å². The summed E-state index contributed by atoms with van der Waals surface area (Å²) >= 11 is 0. The van der Waals surface area contributed by atoms with E-state index in [0.29, 0.717) is 0 Å². The fraction of sp³-hybridized carbons (Fsp3) is 0.200. The quantitative estimate of drug-likeness (QED) is 0.660. The summed E-state index contributed by atoms with van der Waals surface area (Å²) in [5, 5.41) is 9.35. The summed E-state index contributed by atoms with van der Waals surface area (Å²) in [6, 6.07) is 11.1. The molecule has 0 aromatic heterocycles. The number of ketones is 1. The maximum Gasteiger partial charge on any atom is 0.336 e. The van der Waals surface area contributed by atoms with E-state index in [-0.39, 0.29) is 28.2 Å². The first-order valence-corrected chi connectivity index (χ1v) is 8.18. The molecule has 1 atom stereocenters. The summed E-state index contributed by atoms with van der Waals surface area (Å²) in [4.78, 5) is 51.0. The molecule has 132 valence electrons. The van der Waals surface area contributed by atoms with E-state index in [1.165, 1.54) is 18.2 Å². The van der Waals surface area contributed by atoms with Crippen molar-refractivity contribution in [3.63, 3.8) is 0 Å². The van der Waals surface area contributed by atoms with Crippen molar-refractivity contribution in [2.75, 3.05) is 0 Å². The zero-order chi connectivity index (χ0) is 19.0. The topological polar surface area (TPSA) is 91.8 Å². The lowest BCUT2D eigenvalue weighted by Crippen LogP contribution is -2.48. The number of benzene rings is 2. The van der Waals surface area contributed by atoms with Crippen molar-refractivity contribution in [3.05, 3.63) is 70.8 Å². The molecule has 3 rings (SSSR count). The van der Waals surface area contributed by atoms with Gasteiger partial charge in [-0.3, -0.25) is 19.3 Å². The van der Waals surface area contributed by atoms with E-state index in [2.05, 4.69) is 0 Å². The molecule has 0 aliphatic carbocycles. The Kier molecular flexibility index (Phi) is 4.42. The molecule has 1 aliphatic rings. The van der Waals surface area contributed by atoms with Crippen LogP contribution in [0.25, 0.3) is 0 Å². The second kappa shape index (κ2) is 6.55. The minimum atomic E-state index is -1.24. The second-order valence-electron chi connectivity index (χ2n) is 6.43. The third-order valence-corrected chi connectivity index (χ3v) is 4.43. The largest absolute Gasteiger partial charge is 0.478 e. The van der Waals surface area contributed by atoms with E-state index in [0.717, 1.165) is 4.90 Å². The SMILES string of the molecule is CC(C)C(C(=O)c1ccccc1C(=O)O)N1C(=O)c2ccccc2C1=O. The van der Waals surface area contributed by atoms with Crippen LogP contribution >= 0.6 is 0 Å². The summed E-state index contributed by atoms with van der Waals surface area (Å²) in [5.41, 5.74) is 0.333. The van der Waals surface area contributed by atoms with Gasteiger partial charge in [-0.2, -0.15) is 0 Å². The van der Waals surface area contributed by atoms with Crippen molar-refractivity contribution in [2.45, 2.75) is 19.9 Å². The molecule has 0 bridgehead atoms. The highest BCUT2D eigenvalue weighted by Crippen LogP contribution is 2.29. The van der Waals surface area contributed by atoms with Crippen molar-refractivity contribution in [2.24, 2.45) is 5.92 Å². The fourth-order valence-corrected chi connectivity index (χ4v) is 3.22. The molecular formula is C20H17NO5. The molecule has 0 radical (unpaired) electrons. The number of hydrogen-bond acceptors (Lipinski definition) is 4. The van der Waals surface area contributed by atoms with Crippen LogP contribution in [-0.2, 0) is 0 Å². The lowest BCUT2D eigenvalue weighted by atomic mass is 9.91. The highest BCUT2D eigenvalue weighted by Gasteiger charge is 2.44. The summed E-state index contributed by atoms with van der Waals surface area (Å²) in [7, 11) is 0. The summed E-state index contributed by atoms with van der Waals surface area (Å²) in [6.07, 6.45) is 0. The lowest BCUT2D eigenvalue weighted by Gasteiger charge is -2.28. The summed E-state index contributed by atoms with van der Waals surface area (Å²) < 4.78 is 0. The maximum atomic E-state index is 13.1. The molecule has 0 spiro atoms. The third-order valence-electron chi connectivity index (χ3n) is 4.43. The van der Waals surface area contributed by atoms with Gasteiger partial charge in [0.2, 0.25) is 0 Å². The molecule has 1 heterocycles. The van der Waals surface area contributed by atoms with Crippen LogP contribution < -0.4 is 0 Å². The van der Waals surface area contributed by atoms with Crippen LogP contribution in [0.2, 0.25) is 0 Å². The Labute approximate surface area is 150 Å². The molecule has 2 aromatic rings. The Hall–Kier alpha value is -3.28. The van der Waals surface area contributed by atoms with Crippen LogP contribution in [0.5, 0.6) is 0 Å². The number of carboxylic acids is 1. The molecule has 1 aliphatic heterocycles. The first kappa shape index (κ1) is 17.5. The average molecular weight is 351 g/mol. The van der Waals surface area contributed by atoms with Gasteiger partial charge in [-0.25, -0.2) is 4.79 Å². The number of rotatable bonds is 5. The van der Waals surface area contributed by atoms with Crippen LogP contribution in [0.1, 0.15) is 55.3 Å². The third kappa shape index (κ3) is 2.69. The highest BCUT2D eigenvalue weighted by molar-refractivity contribution is 6.24. The fourth-order valence-electron chi connectivity index (χ4n) is 3.22. The van der Waals surface area contributed by atoms with E-state index in [1.807, 2.05) is 0 Å². The standard InChI is InChI=1S/C20H17NO5/c1-11(2)16(17(22)12-7-3-6-10-15(12)20(25)26)21-18(23)13-8-4-5-9-14(13)19(21)24/h3-11,16H,1-2H3,(H,25,26). The number of aromatic carboxylic acids is 1. The second-order valence-corrected chi connectivity index (χ2v) is 6.43. The maximum absolute atomic E-state index is 13.1. The van der Waals surface area contributed by atoms with E-state index >= 15 is 0 Å². The minimum absolute atomic E-state index is 0.0183. The van der Waals surface area contributed by atoms with E-state index < -0.39 is 29.6 Å². The van der Waals surface area contributed by atoms with Gasteiger partial charge in [0.25, 0.3) is 11.8 Å².